The largest absolute Gasteiger partial charge is 0.497 e. The fourth-order valence-electron chi connectivity index (χ4n) is 3.64. The zero-order chi connectivity index (χ0) is 23.4. The van der Waals surface area contributed by atoms with Crippen LogP contribution in [0.5, 0.6) is 5.75 Å². The van der Waals surface area contributed by atoms with Crippen molar-refractivity contribution in [2.24, 2.45) is 4.99 Å². The van der Waals surface area contributed by atoms with E-state index in [0.717, 1.165) is 11.1 Å². The summed E-state index contributed by atoms with van der Waals surface area (Å²) >= 11 is 14.0. The van der Waals surface area contributed by atoms with Crippen LogP contribution in [0.2, 0.25) is 0 Å². The molecule has 2 aliphatic heterocycles. The molecular weight excluding hydrogens is 483 g/mol. The molecule has 1 saturated heterocycles. The van der Waals surface area contributed by atoms with Crippen LogP contribution in [-0.2, 0) is 27.4 Å². The normalized spacial score (nSPS) is 20.3. The van der Waals surface area contributed by atoms with Crippen molar-refractivity contribution in [1.82, 2.24) is 4.90 Å². The smallest absolute Gasteiger partial charge is 0.355 e. The molecule has 2 aliphatic rings. The first-order valence-corrected chi connectivity index (χ1v) is 12.3. The summed E-state index contributed by atoms with van der Waals surface area (Å²) in [5, 5.41) is 0.0491. The highest BCUT2D eigenvalue weighted by Crippen LogP contribution is 2.42. The SMILES string of the molecule is COc1ccc(COC(=O)C2=C(CCl)CS[C@@H]3[C@@H](/N=C(\Cl)Cc4ccccc4)C(=O)N23)cc1. The van der Waals surface area contributed by atoms with E-state index >= 15 is 0 Å². The van der Waals surface area contributed by atoms with Gasteiger partial charge in [0.25, 0.3) is 5.91 Å². The Labute approximate surface area is 206 Å². The topological polar surface area (TPSA) is 68.2 Å². The Kier molecular flexibility index (Phi) is 7.63. The van der Waals surface area contributed by atoms with Gasteiger partial charge >= 0.3 is 5.97 Å². The van der Waals surface area contributed by atoms with Crippen LogP contribution in [0.3, 0.4) is 0 Å². The molecule has 2 aromatic carbocycles. The molecule has 0 unspecified atom stereocenters. The second-order valence-electron chi connectivity index (χ2n) is 7.53. The second kappa shape index (κ2) is 10.6. The number of esters is 1. The predicted octanol–water partition coefficient (Wildman–Crippen LogP) is 4.40. The minimum absolute atomic E-state index is 0.0756. The van der Waals surface area contributed by atoms with Gasteiger partial charge in [0.2, 0.25) is 0 Å². The van der Waals surface area contributed by atoms with E-state index in [0.29, 0.717) is 28.7 Å². The van der Waals surface area contributed by atoms with Crippen LogP contribution >= 0.6 is 35.0 Å². The zero-order valence-electron chi connectivity index (χ0n) is 17.9. The summed E-state index contributed by atoms with van der Waals surface area (Å²) < 4.78 is 10.6. The molecule has 33 heavy (non-hydrogen) atoms. The number of hydrogen-bond donors (Lipinski definition) is 0. The molecule has 1 fully saturated rings. The standard InChI is InChI=1S/C24H22Cl2N2O4S/c1-31-18-9-7-16(8-10-18)13-32-24(30)21-17(12-25)14-33-23-20(22(29)28(21)23)27-19(26)11-15-5-3-2-4-6-15/h2-10,20,23H,11-14H2,1H3/b27-19-/t20-,23+/m0/s1. The minimum atomic E-state index is -0.632. The van der Waals surface area contributed by atoms with Crippen LogP contribution in [0, 0.1) is 0 Å². The summed E-state index contributed by atoms with van der Waals surface area (Å²) in [7, 11) is 1.59. The third kappa shape index (κ3) is 5.21. The second-order valence-corrected chi connectivity index (χ2v) is 9.34. The van der Waals surface area contributed by atoms with Crippen molar-refractivity contribution >= 4 is 52.0 Å². The maximum absolute atomic E-state index is 13.0. The number of hydrogen-bond acceptors (Lipinski definition) is 6. The molecule has 2 aromatic rings. The maximum Gasteiger partial charge on any atom is 0.355 e. The van der Waals surface area contributed by atoms with Crippen LogP contribution in [0.4, 0.5) is 0 Å². The number of rotatable bonds is 8. The van der Waals surface area contributed by atoms with Gasteiger partial charge < -0.3 is 9.47 Å². The molecule has 9 heteroatoms. The van der Waals surface area contributed by atoms with E-state index in [2.05, 4.69) is 4.99 Å². The summed E-state index contributed by atoms with van der Waals surface area (Å²) in [6.07, 6.45) is 0.448. The lowest BCUT2D eigenvalue weighted by molar-refractivity contribution is -0.151. The molecular formula is C24H22Cl2N2O4S. The Morgan fingerprint density at radius 3 is 2.55 bits per heavy atom. The monoisotopic (exact) mass is 504 g/mol. The summed E-state index contributed by atoms with van der Waals surface area (Å²) in [6.45, 7) is 0.0756. The molecule has 0 aliphatic carbocycles. The fourth-order valence-corrected chi connectivity index (χ4v) is 5.56. The fraction of sp³-hybridized carbons (Fsp3) is 0.292. The van der Waals surface area contributed by atoms with Crippen LogP contribution in [0.1, 0.15) is 11.1 Å². The summed E-state index contributed by atoms with van der Waals surface area (Å²) in [4.78, 5) is 31.8. The number of β-lactam (4-membered cyclic amide) rings is 1. The van der Waals surface area contributed by atoms with Gasteiger partial charge in [-0.05, 0) is 28.8 Å². The number of nitrogens with zero attached hydrogens (tertiary/aromatic N) is 2. The van der Waals surface area contributed by atoms with Crippen molar-refractivity contribution in [1.29, 1.82) is 0 Å². The Bertz CT molecular complexity index is 1090. The number of amides is 1. The lowest BCUT2D eigenvalue weighted by atomic mass is 10.0. The van der Waals surface area contributed by atoms with Gasteiger partial charge in [-0.1, -0.05) is 54.1 Å². The van der Waals surface area contributed by atoms with Gasteiger partial charge in [-0.2, -0.15) is 0 Å². The number of benzene rings is 2. The van der Waals surface area contributed by atoms with Gasteiger partial charge in [0.15, 0.2) is 6.04 Å². The number of fused-ring (bicyclic) bond motifs is 1. The van der Waals surface area contributed by atoms with E-state index in [1.54, 1.807) is 19.2 Å². The molecule has 0 saturated carbocycles. The number of methoxy groups -OCH3 is 1. The Hall–Kier alpha value is -2.48. The number of carbonyl (C=O) groups excluding carboxylic acids is 2. The summed E-state index contributed by atoms with van der Waals surface area (Å²) in [5.74, 6) is 0.523. The third-order valence-corrected chi connectivity index (χ3v) is 7.25. The molecule has 0 bridgehead atoms. The van der Waals surface area contributed by atoms with Crippen LogP contribution in [-0.4, -0.2) is 52.1 Å². The first-order chi connectivity index (χ1) is 16.0. The third-order valence-electron chi connectivity index (χ3n) is 5.37. The van der Waals surface area contributed by atoms with E-state index in [4.69, 9.17) is 32.7 Å². The average molecular weight is 505 g/mol. The van der Waals surface area contributed by atoms with Gasteiger partial charge in [0, 0.05) is 18.1 Å². The molecule has 6 nitrogen and oxygen atoms in total. The van der Waals surface area contributed by atoms with E-state index in [-0.39, 0.29) is 29.5 Å². The lowest BCUT2D eigenvalue weighted by Crippen LogP contribution is -2.64. The molecule has 0 spiro atoms. The molecule has 2 heterocycles. The molecule has 1 amide bonds. The summed E-state index contributed by atoms with van der Waals surface area (Å²) in [5.41, 5.74) is 2.71. The predicted molar refractivity (Wildman–Crippen MR) is 131 cm³/mol. The van der Waals surface area contributed by atoms with E-state index in [9.17, 15) is 9.59 Å². The van der Waals surface area contributed by atoms with Crippen LogP contribution in [0.15, 0.2) is 70.9 Å². The maximum atomic E-state index is 13.0. The number of carbonyl (C=O) groups is 2. The quantitative estimate of drug-likeness (QED) is 0.230. The Morgan fingerprint density at radius 2 is 1.88 bits per heavy atom. The molecule has 172 valence electrons. The number of halogens is 2. The van der Waals surface area contributed by atoms with Gasteiger partial charge in [0.1, 0.15) is 28.6 Å². The highest BCUT2D eigenvalue weighted by atomic mass is 35.5. The van der Waals surface area contributed by atoms with Crippen molar-refractivity contribution in [2.75, 3.05) is 18.7 Å². The summed E-state index contributed by atoms with van der Waals surface area (Å²) in [6, 6.07) is 16.3. The molecule has 0 radical (unpaired) electrons. The van der Waals surface area contributed by atoms with Crippen LogP contribution in [0.25, 0.3) is 0 Å². The van der Waals surface area contributed by atoms with E-state index < -0.39 is 12.0 Å². The van der Waals surface area contributed by atoms with E-state index in [1.807, 2.05) is 42.5 Å². The molecule has 2 atom stereocenters. The van der Waals surface area contributed by atoms with E-state index in [1.165, 1.54) is 16.7 Å². The van der Waals surface area contributed by atoms with Crippen molar-refractivity contribution < 1.29 is 19.1 Å². The highest BCUT2D eigenvalue weighted by Gasteiger charge is 2.54. The van der Waals surface area contributed by atoms with Gasteiger partial charge in [0.05, 0.1) is 7.11 Å². The lowest BCUT2D eigenvalue weighted by Gasteiger charge is -2.48. The highest BCUT2D eigenvalue weighted by molar-refractivity contribution is 8.00. The Morgan fingerprint density at radius 1 is 1.15 bits per heavy atom. The number of ether oxygens (including phenoxy) is 2. The van der Waals surface area contributed by atoms with Crippen LogP contribution < -0.4 is 4.74 Å². The van der Waals surface area contributed by atoms with Crippen molar-refractivity contribution in [3.63, 3.8) is 0 Å². The first-order valence-electron chi connectivity index (χ1n) is 10.3. The van der Waals surface area contributed by atoms with Gasteiger partial charge in [-0.25, -0.2) is 4.79 Å². The first kappa shape index (κ1) is 23.7. The molecule has 0 aromatic heterocycles. The van der Waals surface area contributed by atoms with Gasteiger partial charge in [-0.15, -0.1) is 23.4 Å². The number of alkyl halides is 1. The van der Waals surface area contributed by atoms with Crippen molar-refractivity contribution in [3.8, 4) is 5.75 Å². The van der Waals surface area contributed by atoms with Gasteiger partial charge in [-0.3, -0.25) is 14.7 Å². The van der Waals surface area contributed by atoms with Crippen molar-refractivity contribution in [3.05, 3.63) is 77.0 Å². The Balaban J connectivity index is 1.45. The molecule has 4 rings (SSSR count). The average Bonchev–Trinajstić information content (AvgIpc) is 2.85. The zero-order valence-corrected chi connectivity index (χ0v) is 20.2. The van der Waals surface area contributed by atoms with Crippen molar-refractivity contribution in [2.45, 2.75) is 24.4 Å². The number of aliphatic imine (C=N–C) groups is 1. The minimum Gasteiger partial charge on any atom is -0.497 e. The number of thioether (sulfide) groups is 1. The molecule has 0 N–H and O–H groups in total.